The first-order chi connectivity index (χ1) is 16.7. The predicted molar refractivity (Wildman–Crippen MR) is 150 cm³/mol. The monoisotopic (exact) mass is 525 g/mol. The number of fused-ring (bicyclic) bond motifs is 1. The Labute approximate surface area is 219 Å². The lowest BCUT2D eigenvalue weighted by Gasteiger charge is -2.45. The molecule has 0 aromatic heterocycles. The number of amides is 1. The van der Waals surface area contributed by atoms with Gasteiger partial charge in [-0.3, -0.25) is 4.79 Å². The number of hydrogen-bond acceptors (Lipinski definition) is 7. The van der Waals surface area contributed by atoms with Crippen molar-refractivity contribution in [2.45, 2.75) is 39.7 Å². The topological polar surface area (TPSA) is 55.8 Å². The number of nitrogens with zero attached hydrogens (tertiary/aromatic N) is 1. The van der Waals surface area contributed by atoms with E-state index in [1.165, 1.54) is 23.5 Å². The van der Waals surface area contributed by atoms with Crippen molar-refractivity contribution in [2.75, 3.05) is 18.6 Å². The smallest absolute Gasteiger partial charge is 0.346 e. The van der Waals surface area contributed by atoms with Crippen molar-refractivity contribution in [2.24, 2.45) is 0 Å². The summed E-state index contributed by atoms with van der Waals surface area (Å²) in [6.07, 6.45) is 0.361. The Bertz CT molecular complexity index is 1260. The lowest BCUT2D eigenvalue weighted by atomic mass is 9.83. The maximum absolute atomic E-state index is 13.1. The van der Waals surface area contributed by atoms with E-state index in [1.807, 2.05) is 69.3 Å². The average molecular weight is 526 g/mol. The van der Waals surface area contributed by atoms with E-state index in [1.54, 1.807) is 18.9 Å². The van der Waals surface area contributed by atoms with E-state index >= 15 is 0 Å². The SMILES string of the molecule is CCOC(=O)C1=C(c2ccccc2)S/C(=C2\C(=S)C(C)(C)N(C(=O)CC)c3ccc(OC)cc32)S1. The minimum absolute atomic E-state index is 0.00476. The summed E-state index contributed by atoms with van der Waals surface area (Å²) in [5.74, 6) is 0.312. The molecule has 1 amide bonds. The van der Waals surface area contributed by atoms with Crippen molar-refractivity contribution in [3.05, 3.63) is 68.8 Å². The molecule has 8 heteroatoms. The van der Waals surface area contributed by atoms with E-state index in [-0.39, 0.29) is 11.9 Å². The Morgan fingerprint density at radius 2 is 1.77 bits per heavy atom. The van der Waals surface area contributed by atoms with Crippen LogP contribution in [0.3, 0.4) is 0 Å². The molecule has 0 bridgehead atoms. The molecular weight excluding hydrogens is 499 g/mol. The molecule has 0 saturated carbocycles. The number of carbonyl (C=O) groups excluding carboxylic acids is 2. The van der Waals surface area contributed by atoms with Crippen LogP contribution in [0, 0.1) is 0 Å². The van der Waals surface area contributed by atoms with Crippen molar-refractivity contribution in [3.63, 3.8) is 0 Å². The highest BCUT2D eigenvalue weighted by molar-refractivity contribution is 8.32. The summed E-state index contributed by atoms with van der Waals surface area (Å²) in [6.45, 7) is 7.88. The van der Waals surface area contributed by atoms with Crippen LogP contribution in [-0.4, -0.2) is 36.0 Å². The second-order valence-corrected chi connectivity index (χ2v) is 11.2. The van der Waals surface area contributed by atoms with Gasteiger partial charge in [0.15, 0.2) is 0 Å². The van der Waals surface area contributed by atoms with Crippen molar-refractivity contribution in [1.82, 2.24) is 0 Å². The van der Waals surface area contributed by atoms with Crippen LogP contribution < -0.4 is 9.64 Å². The molecule has 0 fully saturated rings. The van der Waals surface area contributed by atoms with Gasteiger partial charge in [0.2, 0.25) is 5.91 Å². The Morgan fingerprint density at radius 1 is 1.06 bits per heavy atom. The van der Waals surface area contributed by atoms with Gasteiger partial charge in [0.25, 0.3) is 0 Å². The molecule has 0 N–H and O–H groups in total. The van der Waals surface area contributed by atoms with Gasteiger partial charge in [-0.1, -0.05) is 73.0 Å². The number of thioether (sulfide) groups is 2. The van der Waals surface area contributed by atoms with Gasteiger partial charge in [0, 0.05) is 22.5 Å². The van der Waals surface area contributed by atoms with Crippen LogP contribution in [0.2, 0.25) is 0 Å². The molecule has 2 aliphatic heterocycles. The molecule has 5 nitrogen and oxygen atoms in total. The van der Waals surface area contributed by atoms with E-state index in [0.717, 1.165) is 31.5 Å². The van der Waals surface area contributed by atoms with Gasteiger partial charge in [-0.25, -0.2) is 4.79 Å². The van der Waals surface area contributed by atoms with Crippen LogP contribution in [0.25, 0.3) is 10.5 Å². The fourth-order valence-electron chi connectivity index (χ4n) is 4.19. The van der Waals surface area contributed by atoms with Crippen molar-refractivity contribution in [1.29, 1.82) is 0 Å². The zero-order valence-electron chi connectivity index (χ0n) is 20.3. The summed E-state index contributed by atoms with van der Waals surface area (Å²) in [5.41, 5.74) is 2.67. The standard InChI is InChI=1S/C27H27NO4S3/c1-6-20(29)28-19-14-13-17(31-5)15-18(19)21(24(33)27(28,3)4)26-34-22(16-11-9-8-10-12-16)23(35-26)25(30)32-7-2/h8-15H,6-7H2,1-5H3/b26-21+. The molecule has 0 radical (unpaired) electrons. The van der Waals surface area contributed by atoms with E-state index in [0.29, 0.717) is 28.5 Å². The lowest BCUT2D eigenvalue weighted by molar-refractivity contribution is -0.137. The van der Waals surface area contributed by atoms with Crippen LogP contribution in [0.4, 0.5) is 5.69 Å². The highest BCUT2D eigenvalue weighted by Crippen LogP contribution is 2.58. The van der Waals surface area contributed by atoms with E-state index < -0.39 is 5.54 Å². The summed E-state index contributed by atoms with van der Waals surface area (Å²) in [5, 5.41) is 0. The zero-order chi connectivity index (χ0) is 25.3. The van der Waals surface area contributed by atoms with Gasteiger partial charge in [-0.05, 0) is 44.5 Å². The third-order valence-corrected chi connectivity index (χ3v) is 9.24. The van der Waals surface area contributed by atoms with Crippen molar-refractivity contribution < 1.29 is 19.1 Å². The number of rotatable bonds is 5. The zero-order valence-corrected chi connectivity index (χ0v) is 22.8. The number of benzene rings is 2. The first-order valence-electron chi connectivity index (χ1n) is 11.4. The Morgan fingerprint density at radius 3 is 2.40 bits per heavy atom. The number of methoxy groups -OCH3 is 1. The molecule has 2 heterocycles. The highest BCUT2D eigenvalue weighted by atomic mass is 32.2. The Hall–Kier alpha value is -2.55. The molecule has 0 spiro atoms. The van der Waals surface area contributed by atoms with Gasteiger partial charge in [-0.15, -0.1) is 0 Å². The summed E-state index contributed by atoms with van der Waals surface area (Å²) in [6, 6.07) is 15.5. The van der Waals surface area contributed by atoms with Crippen LogP contribution in [0.1, 0.15) is 45.2 Å². The van der Waals surface area contributed by atoms with E-state index in [2.05, 4.69) is 0 Å². The van der Waals surface area contributed by atoms with Crippen LogP contribution in [0.5, 0.6) is 5.75 Å². The molecular formula is C27H27NO4S3. The predicted octanol–water partition coefficient (Wildman–Crippen LogP) is 6.68. The van der Waals surface area contributed by atoms with Gasteiger partial charge in [0.05, 0.1) is 34.0 Å². The van der Waals surface area contributed by atoms with Gasteiger partial charge in [-0.2, -0.15) is 0 Å². The maximum Gasteiger partial charge on any atom is 0.346 e. The molecule has 4 rings (SSSR count). The number of ether oxygens (including phenoxy) is 2. The van der Waals surface area contributed by atoms with Crippen LogP contribution in [-0.2, 0) is 14.3 Å². The summed E-state index contributed by atoms with van der Waals surface area (Å²) >= 11 is 8.96. The van der Waals surface area contributed by atoms with Gasteiger partial charge < -0.3 is 14.4 Å². The summed E-state index contributed by atoms with van der Waals surface area (Å²) < 4.78 is 11.8. The first kappa shape index (κ1) is 25.5. The second-order valence-electron chi connectivity index (χ2n) is 8.47. The summed E-state index contributed by atoms with van der Waals surface area (Å²) in [7, 11) is 1.61. The maximum atomic E-state index is 13.1. The lowest BCUT2D eigenvalue weighted by Crippen LogP contribution is -2.55. The third-order valence-electron chi connectivity index (χ3n) is 5.90. The fourth-order valence-corrected chi connectivity index (χ4v) is 7.32. The largest absolute Gasteiger partial charge is 0.497 e. The van der Waals surface area contributed by atoms with Crippen LogP contribution in [0.15, 0.2) is 57.7 Å². The molecule has 182 valence electrons. The highest BCUT2D eigenvalue weighted by Gasteiger charge is 2.45. The number of hydrogen-bond donors (Lipinski definition) is 0. The van der Waals surface area contributed by atoms with Gasteiger partial charge >= 0.3 is 5.97 Å². The number of carbonyl (C=O) groups is 2. The molecule has 2 aromatic rings. The molecule has 0 aliphatic carbocycles. The number of esters is 1. The fraction of sp³-hybridized carbons (Fsp3) is 0.296. The Kier molecular flexibility index (Phi) is 7.45. The number of anilines is 1. The Balaban J connectivity index is 1.93. The third kappa shape index (κ3) is 4.55. The van der Waals surface area contributed by atoms with Crippen molar-refractivity contribution >= 4 is 68.6 Å². The number of thiocarbonyl (C=S) groups is 1. The minimum atomic E-state index is -0.729. The van der Waals surface area contributed by atoms with E-state index in [4.69, 9.17) is 21.7 Å². The second kappa shape index (κ2) is 10.2. The van der Waals surface area contributed by atoms with Crippen LogP contribution >= 0.6 is 35.7 Å². The van der Waals surface area contributed by atoms with E-state index in [9.17, 15) is 9.59 Å². The molecule has 0 saturated heterocycles. The first-order valence-corrected chi connectivity index (χ1v) is 13.4. The molecule has 2 aliphatic rings. The quantitative estimate of drug-likeness (QED) is 0.245. The van der Waals surface area contributed by atoms with Crippen molar-refractivity contribution in [3.8, 4) is 5.75 Å². The molecule has 0 atom stereocenters. The van der Waals surface area contributed by atoms with Gasteiger partial charge in [0.1, 0.15) is 10.7 Å². The normalized spacial score (nSPS) is 19.0. The average Bonchev–Trinajstić information content (AvgIpc) is 3.30. The summed E-state index contributed by atoms with van der Waals surface area (Å²) in [4.78, 5) is 29.8. The molecule has 2 aromatic carbocycles. The molecule has 0 unspecified atom stereocenters. The molecule has 35 heavy (non-hydrogen) atoms. The minimum Gasteiger partial charge on any atom is -0.497 e.